The van der Waals surface area contributed by atoms with E-state index in [0.717, 1.165) is 16.9 Å². The van der Waals surface area contributed by atoms with Crippen molar-refractivity contribution in [3.8, 4) is 0 Å². The zero-order chi connectivity index (χ0) is 13.8. The Morgan fingerprint density at radius 1 is 1.42 bits per heavy atom. The summed E-state index contributed by atoms with van der Waals surface area (Å²) in [4.78, 5) is 0. The summed E-state index contributed by atoms with van der Waals surface area (Å²) in [6, 6.07) is 7.98. The highest BCUT2D eigenvalue weighted by Gasteiger charge is 2.07. The van der Waals surface area contributed by atoms with Crippen molar-refractivity contribution in [2.75, 3.05) is 5.32 Å². The van der Waals surface area contributed by atoms with Crippen LogP contribution >= 0.6 is 23.8 Å². The van der Waals surface area contributed by atoms with E-state index in [0.29, 0.717) is 16.7 Å². The van der Waals surface area contributed by atoms with E-state index in [-0.39, 0.29) is 0 Å². The Kier molecular flexibility index (Phi) is 4.39. The third kappa shape index (κ3) is 3.45. The number of thiocarbonyl (C=S) groups is 1. The highest BCUT2D eigenvalue weighted by molar-refractivity contribution is 7.80. The van der Waals surface area contributed by atoms with Crippen molar-refractivity contribution in [2.24, 2.45) is 7.05 Å². The van der Waals surface area contributed by atoms with E-state index < -0.39 is 0 Å². The van der Waals surface area contributed by atoms with Crippen molar-refractivity contribution in [3.05, 3.63) is 46.7 Å². The molecule has 0 saturated carbocycles. The molecule has 0 radical (unpaired) electrons. The highest BCUT2D eigenvalue weighted by atomic mass is 35.5. The van der Waals surface area contributed by atoms with E-state index in [2.05, 4.69) is 15.7 Å². The molecule has 100 valence electrons. The molecule has 0 spiro atoms. The first kappa shape index (κ1) is 13.8. The Morgan fingerprint density at radius 2 is 2.16 bits per heavy atom. The van der Waals surface area contributed by atoms with Gasteiger partial charge in [-0.05, 0) is 30.8 Å². The van der Waals surface area contributed by atoms with Gasteiger partial charge in [0.1, 0.15) is 0 Å². The minimum atomic E-state index is 0.535. The van der Waals surface area contributed by atoms with Gasteiger partial charge in [-0.1, -0.05) is 29.8 Å². The number of nitrogens with one attached hydrogen (secondary N) is 2. The molecule has 19 heavy (non-hydrogen) atoms. The fraction of sp³-hybridized carbons (Fsp3) is 0.231. The maximum atomic E-state index is 6.03. The molecule has 0 fully saturated rings. The Hall–Kier alpha value is -1.59. The predicted molar refractivity (Wildman–Crippen MR) is 82.5 cm³/mol. The maximum Gasteiger partial charge on any atom is 0.171 e. The summed E-state index contributed by atoms with van der Waals surface area (Å²) in [7, 11) is 1.85. The summed E-state index contributed by atoms with van der Waals surface area (Å²) in [6.07, 6.45) is 1.62. The molecule has 1 aromatic heterocycles. The van der Waals surface area contributed by atoms with Gasteiger partial charge in [-0.15, -0.1) is 0 Å². The fourth-order valence-electron chi connectivity index (χ4n) is 1.68. The fourth-order valence-corrected chi connectivity index (χ4v) is 2.09. The van der Waals surface area contributed by atoms with Gasteiger partial charge in [0.2, 0.25) is 0 Å². The van der Waals surface area contributed by atoms with Crippen molar-refractivity contribution in [1.29, 1.82) is 0 Å². The second-order valence-corrected chi connectivity index (χ2v) is 5.00. The molecule has 0 aliphatic carbocycles. The second kappa shape index (κ2) is 6.04. The number of aryl methyl sites for hydroxylation is 2. The molecule has 0 bridgehead atoms. The molecule has 0 atom stereocenters. The molecule has 0 unspecified atom stereocenters. The van der Waals surface area contributed by atoms with Crippen LogP contribution < -0.4 is 10.6 Å². The number of para-hydroxylation sites is 1. The van der Waals surface area contributed by atoms with E-state index in [1.165, 1.54) is 0 Å². The Bertz CT molecular complexity index is 575. The van der Waals surface area contributed by atoms with E-state index >= 15 is 0 Å². The Balaban J connectivity index is 1.94. The molecule has 0 saturated heterocycles. The molecule has 4 nitrogen and oxygen atoms in total. The van der Waals surface area contributed by atoms with Crippen LogP contribution in [0.4, 0.5) is 5.69 Å². The summed E-state index contributed by atoms with van der Waals surface area (Å²) in [6.45, 7) is 2.57. The maximum absolute atomic E-state index is 6.03. The van der Waals surface area contributed by atoms with Crippen molar-refractivity contribution in [3.63, 3.8) is 0 Å². The lowest BCUT2D eigenvalue weighted by molar-refractivity contribution is 0.695. The summed E-state index contributed by atoms with van der Waals surface area (Å²) in [5, 5.41) is 11.5. The molecule has 2 aromatic rings. The minimum absolute atomic E-state index is 0.535. The van der Waals surface area contributed by atoms with Crippen molar-refractivity contribution in [1.82, 2.24) is 15.1 Å². The predicted octanol–water partition coefficient (Wildman–Crippen LogP) is 2.87. The van der Waals surface area contributed by atoms with Gasteiger partial charge >= 0.3 is 0 Å². The van der Waals surface area contributed by atoms with E-state index in [1.54, 1.807) is 10.9 Å². The second-order valence-electron chi connectivity index (χ2n) is 4.19. The van der Waals surface area contributed by atoms with Gasteiger partial charge in [0.15, 0.2) is 5.11 Å². The van der Waals surface area contributed by atoms with Gasteiger partial charge < -0.3 is 10.6 Å². The Morgan fingerprint density at radius 3 is 2.79 bits per heavy atom. The van der Waals surface area contributed by atoms with Crippen LogP contribution in [-0.2, 0) is 13.6 Å². The molecule has 0 aliphatic rings. The van der Waals surface area contributed by atoms with Gasteiger partial charge in [0.05, 0.1) is 23.5 Å². The van der Waals surface area contributed by atoms with Crippen molar-refractivity contribution < 1.29 is 0 Å². The first-order chi connectivity index (χ1) is 9.08. The van der Waals surface area contributed by atoms with Crippen LogP contribution in [0.15, 0.2) is 30.5 Å². The molecule has 1 aromatic carbocycles. The van der Waals surface area contributed by atoms with Crippen LogP contribution in [0.25, 0.3) is 0 Å². The molecule has 6 heteroatoms. The molecule has 2 N–H and O–H groups in total. The lowest BCUT2D eigenvalue weighted by Gasteiger charge is -2.12. The average Bonchev–Trinajstić information content (AvgIpc) is 2.70. The van der Waals surface area contributed by atoms with Crippen LogP contribution in [0.2, 0.25) is 5.02 Å². The average molecular weight is 295 g/mol. The number of aromatic nitrogens is 2. The van der Waals surface area contributed by atoms with Gasteiger partial charge in [-0.3, -0.25) is 4.68 Å². The number of hydrogen-bond acceptors (Lipinski definition) is 2. The summed E-state index contributed by atoms with van der Waals surface area (Å²) < 4.78 is 1.73. The van der Waals surface area contributed by atoms with E-state index in [1.807, 2.05) is 38.2 Å². The van der Waals surface area contributed by atoms with E-state index in [4.69, 9.17) is 23.8 Å². The van der Waals surface area contributed by atoms with E-state index in [9.17, 15) is 0 Å². The zero-order valence-corrected chi connectivity index (χ0v) is 12.3. The van der Waals surface area contributed by atoms with Crippen LogP contribution in [0.1, 0.15) is 11.3 Å². The lowest BCUT2D eigenvalue weighted by Crippen LogP contribution is -2.29. The minimum Gasteiger partial charge on any atom is -0.357 e. The Labute approximate surface area is 122 Å². The number of nitrogens with zero attached hydrogens (tertiary/aromatic N) is 2. The standard InChI is InChI=1S/C13H15ClN4S/c1-9-5-3-4-6-11(9)17-13(19)15-8-12-10(14)7-16-18(12)2/h3-7H,8H2,1-2H3,(H2,15,17,19). The quantitative estimate of drug-likeness (QED) is 0.854. The number of rotatable bonds is 3. The third-order valence-electron chi connectivity index (χ3n) is 2.82. The number of benzene rings is 1. The molecule has 1 heterocycles. The number of halogens is 1. The number of hydrogen-bond donors (Lipinski definition) is 2. The topological polar surface area (TPSA) is 41.9 Å². The van der Waals surface area contributed by atoms with Crippen LogP contribution in [0.5, 0.6) is 0 Å². The summed E-state index contributed by atoms with van der Waals surface area (Å²) >= 11 is 11.3. The van der Waals surface area contributed by atoms with Crippen molar-refractivity contribution in [2.45, 2.75) is 13.5 Å². The lowest BCUT2D eigenvalue weighted by atomic mass is 10.2. The first-order valence-corrected chi connectivity index (χ1v) is 6.63. The largest absolute Gasteiger partial charge is 0.357 e. The highest BCUT2D eigenvalue weighted by Crippen LogP contribution is 2.14. The summed E-state index contributed by atoms with van der Waals surface area (Å²) in [5.41, 5.74) is 3.04. The number of anilines is 1. The zero-order valence-electron chi connectivity index (χ0n) is 10.8. The monoisotopic (exact) mass is 294 g/mol. The van der Waals surface area contributed by atoms with Gasteiger partial charge in [-0.2, -0.15) is 5.10 Å². The van der Waals surface area contributed by atoms with Crippen molar-refractivity contribution >= 4 is 34.6 Å². The van der Waals surface area contributed by atoms with Crippen LogP contribution in [0.3, 0.4) is 0 Å². The third-order valence-corrected chi connectivity index (χ3v) is 3.38. The first-order valence-electron chi connectivity index (χ1n) is 5.85. The molecular weight excluding hydrogens is 280 g/mol. The molecule has 0 aliphatic heterocycles. The normalized spacial score (nSPS) is 10.3. The molecule has 0 amide bonds. The van der Waals surface area contributed by atoms with Crippen LogP contribution in [-0.4, -0.2) is 14.9 Å². The van der Waals surface area contributed by atoms with Gasteiger partial charge in [-0.25, -0.2) is 0 Å². The molecular formula is C13H15ClN4S. The van der Waals surface area contributed by atoms with Crippen LogP contribution in [0, 0.1) is 6.92 Å². The SMILES string of the molecule is Cc1ccccc1NC(=S)NCc1c(Cl)cnn1C. The van der Waals surface area contributed by atoms with Gasteiger partial charge in [0.25, 0.3) is 0 Å². The smallest absolute Gasteiger partial charge is 0.171 e. The molecule has 2 rings (SSSR count). The van der Waals surface area contributed by atoms with Gasteiger partial charge in [0, 0.05) is 12.7 Å². The summed E-state index contributed by atoms with van der Waals surface area (Å²) in [5.74, 6) is 0.